The number of halogens is 2. The molecule has 0 fully saturated rings. The van der Waals surface area contributed by atoms with Gasteiger partial charge in [0.15, 0.2) is 11.6 Å². The summed E-state index contributed by atoms with van der Waals surface area (Å²) in [6.07, 6.45) is 0.149. The van der Waals surface area contributed by atoms with E-state index in [9.17, 15) is 13.6 Å². The molecular weight excluding hydrogens is 288 g/mol. The Bertz CT molecular complexity index is 726. The third-order valence-corrected chi connectivity index (χ3v) is 2.88. The van der Waals surface area contributed by atoms with E-state index < -0.39 is 11.6 Å². The summed E-state index contributed by atoms with van der Waals surface area (Å²) in [6.45, 7) is 0.352. The van der Waals surface area contributed by atoms with E-state index in [1.807, 2.05) is 6.07 Å². The van der Waals surface area contributed by atoms with Gasteiger partial charge >= 0.3 is 0 Å². The molecule has 0 unspecified atom stereocenters. The molecule has 0 aliphatic carbocycles. The molecule has 0 spiro atoms. The van der Waals surface area contributed by atoms with Gasteiger partial charge in [0.1, 0.15) is 0 Å². The normalized spacial score (nSPS) is 9.86. The van der Waals surface area contributed by atoms with Gasteiger partial charge in [-0.3, -0.25) is 4.79 Å². The molecule has 0 saturated heterocycles. The summed E-state index contributed by atoms with van der Waals surface area (Å²) < 4.78 is 25.8. The Hall–Kier alpha value is -2.94. The summed E-state index contributed by atoms with van der Waals surface area (Å²) >= 11 is 0. The van der Waals surface area contributed by atoms with E-state index >= 15 is 0 Å². The number of nitrogens with one attached hydrogen (secondary N) is 2. The summed E-state index contributed by atoms with van der Waals surface area (Å²) in [5.74, 6) is -2.30. The van der Waals surface area contributed by atoms with Crippen LogP contribution in [0.15, 0.2) is 42.5 Å². The summed E-state index contributed by atoms with van der Waals surface area (Å²) in [5, 5.41) is 14.3. The fourth-order valence-corrected chi connectivity index (χ4v) is 1.82. The molecule has 0 aliphatic heterocycles. The quantitative estimate of drug-likeness (QED) is 0.890. The van der Waals surface area contributed by atoms with Gasteiger partial charge in [0, 0.05) is 30.4 Å². The van der Waals surface area contributed by atoms with Crippen molar-refractivity contribution in [3.63, 3.8) is 0 Å². The Balaban J connectivity index is 1.82. The second-order valence-corrected chi connectivity index (χ2v) is 4.55. The summed E-state index contributed by atoms with van der Waals surface area (Å²) in [4.78, 5) is 11.7. The van der Waals surface area contributed by atoms with Crippen LogP contribution in [0, 0.1) is 23.0 Å². The lowest BCUT2D eigenvalue weighted by molar-refractivity contribution is -0.115. The van der Waals surface area contributed by atoms with Crippen molar-refractivity contribution in [1.82, 2.24) is 0 Å². The fourth-order valence-electron chi connectivity index (χ4n) is 1.82. The van der Waals surface area contributed by atoms with E-state index in [-0.39, 0.29) is 18.0 Å². The predicted octanol–water partition coefficient (Wildman–Crippen LogP) is 3.28. The largest absolute Gasteiger partial charge is 0.384 e. The van der Waals surface area contributed by atoms with Crippen molar-refractivity contribution >= 4 is 17.3 Å². The van der Waals surface area contributed by atoms with Crippen LogP contribution in [0.2, 0.25) is 0 Å². The van der Waals surface area contributed by atoms with Crippen LogP contribution in [0.25, 0.3) is 0 Å². The average Bonchev–Trinajstić information content (AvgIpc) is 2.51. The van der Waals surface area contributed by atoms with Crippen molar-refractivity contribution in [3.05, 3.63) is 59.7 Å². The highest BCUT2D eigenvalue weighted by Gasteiger charge is 2.06. The van der Waals surface area contributed by atoms with Gasteiger partial charge in [-0.25, -0.2) is 8.78 Å². The summed E-state index contributed by atoms with van der Waals surface area (Å²) in [7, 11) is 0. The van der Waals surface area contributed by atoms with Crippen LogP contribution < -0.4 is 10.6 Å². The van der Waals surface area contributed by atoms with Gasteiger partial charge in [-0.1, -0.05) is 6.07 Å². The number of benzene rings is 2. The number of anilines is 2. The summed E-state index contributed by atoms with van der Waals surface area (Å²) in [5.41, 5.74) is 1.46. The molecule has 0 saturated carbocycles. The number of rotatable bonds is 5. The van der Waals surface area contributed by atoms with Gasteiger partial charge in [-0.05, 0) is 30.3 Å². The molecule has 112 valence electrons. The highest BCUT2D eigenvalue weighted by molar-refractivity contribution is 5.90. The van der Waals surface area contributed by atoms with E-state index in [1.165, 1.54) is 6.07 Å². The van der Waals surface area contributed by atoms with Crippen LogP contribution in [0.3, 0.4) is 0 Å². The third kappa shape index (κ3) is 4.28. The molecule has 6 heteroatoms. The SMILES string of the molecule is N#Cc1cccc(NCCC(=O)Nc2ccc(F)c(F)c2)c1. The number of carbonyl (C=O) groups excluding carboxylic acids is 1. The maximum Gasteiger partial charge on any atom is 0.226 e. The molecule has 2 N–H and O–H groups in total. The van der Waals surface area contributed by atoms with E-state index in [4.69, 9.17) is 5.26 Å². The first kappa shape index (κ1) is 15.4. The minimum Gasteiger partial charge on any atom is -0.384 e. The van der Waals surface area contributed by atoms with E-state index in [0.717, 1.165) is 17.8 Å². The maximum atomic E-state index is 13.0. The Morgan fingerprint density at radius 2 is 1.91 bits per heavy atom. The van der Waals surface area contributed by atoms with Crippen LogP contribution in [0.4, 0.5) is 20.2 Å². The van der Waals surface area contributed by atoms with Gasteiger partial charge in [-0.2, -0.15) is 5.26 Å². The minimum absolute atomic E-state index is 0.149. The molecule has 0 aromatic heterocycles. The van der Waals surface area contributed by atoms with Gasteiger partial charge in [0.05, 0.1) is 11.6 Å². The average molecular weight is 301 g/mol. The lowest BCUT2D eigenvalue weighted by Gasteiger charge is -2.08. The molecule has 0 radical (unpaired) electrons. The number of hydrogen-bond acceptors (Lipinski definition) is 3. The molecule has 1 amide bonds. The standard InChI is InChI=1S/C16H13F2N3O/c17-14-5-4-13(9-15(14)18)21-16(22)6-7-20-12-3-1-2-11(8-12)10-19/h1-5,8-9,20H,6-7H2,(H,21,22). The minimum atomic E-state index is -1.01. The smallest absolute Gasteiger partial charge is 0.226 e. The molecule has 4 nitrogen and oxygen atoms in total. The predicted molar refractivity (Wildman–Crippen MR) is 79.3 cm³/mol. The van der Waals surface area contributed by atoms with Gasteiger partial charge in [0.25, 0.3) is 0 Å². The number of nitriles is 1. The first-order valence-electron chi connectivity index (χ1n) is 6.57. The Kier molecular flexibility index (Phi) is 5.04. The molecule has 0 bridgehead atoms. The molecule has 0 aliphatic rings. The van der Waals surface area contributed by atoms with Crippen molar-refractivity contribution in [2.45, 2.75) is 6.42 Å². The van der Waals surface area contributed by atoms with Crippen molar-refractivity contribution in [1.29, 1.82) is 5.26 Å². The fraction of sp³-hybridized carbons (Fsp3) is 0.125. The molecule has 2 aromatic rings. The lowest BCUT2D eigenvalue weighted by atomic mass is 10.2. The Labute approximate surface area is 126 Å². The number of amides is 1. The second-order valence-electron chi connectivity index (χ2n) is 4.55. The lowest BCUT2D eigenvalue weighted by Crippen LogP contribution is -2.16. The van der Waals surface area contributed by atoms with Crippen LogP contribution in [-0.4, -0.2) is 12.5 Å². The summed E-state index contributed by atoms with van der Waals surface area (Å²) in [6, 6.07) is 12.1. The molecule has 2 rings (SSSR count). The van der Waals surface area contributed by atoms with Gasteiger partial charge < -0.3 is 10.6 Å². The van der Waals surface area contributed by atoms with E-state index in [0.29, 0.717) is 12.1 Å². The zero-order valence-corrected chi connectivity index (χ0v) is 11.6. The third-order valence-electron chi connectivity index (χ3n) is 2.88. The van der Waals surface area contributed by atoms with Crippen molar-refractivity contribution in [2.75, 3.05) is 17.2 Å². The monoisotopic (exact) mass is 301 g/mol. The molecule has 2 aromatic carbocycles. The first-order valence-corrected chi connectivity index (χ1v) is 6.57. The zero-order chi connectivity index (χ0) is 15.9. The van der Waals surface area contributed by atoms with Crippen LogP contribution >= 0.6 is 0 Å². The van der Waals surface area contributed by atoms with E-state index in [2.05, 4.69) is 10.6 Å². The van der Waals surface area contributed by atoms with Crippen molar-refractivity contribution < 1.29 is 13.6 Å². The van der Waals surface area contributed by atoms with Crippen LogP contribution in [-0.2, 0) is 4.79 Å². The zero-order valence-electron chi connectivity index (χ0n) is 11.6. The first-order chi connectivity index (χ1) is 10.6. The van der Waals surface area contributed by atoms with Crippen molar-refractivity contribution in [2.24, 2.45) is 0 Å². The van der Waals surface area contributed by atoms with E-state index in [1.54, 1.807) is 24.3 Å². The molecule has 0 atom stereocenters. The van der Waals surface area contributed by atoms with Crippen LogP contribution in [0.1, 0.15) is 12.0 Å². The number of carbonyl (C=O) groups is 1. The molecule has 0 heterocycles. The highest BCUT2D eigenvalue weighted by Crippen LogP contribution is 2.13. The molecular formula is C16H13F2N3O. The second kappa shape index (κ2) is 7.18. The van der Waals surface area contributed by atoms with Crippen LogP contribution in [0.5, 0.6) is 0 Å². The van der Waals surface area contributed by atoms with Gasteiger partial charge in [-0.15, -0.1) is 0 Å². The Morgan fingerprint density at radius 3 is 2.64 bits per heavy atom. The number of hydrogen-bond donors (Lipinski definition) is 2. The van der Waals surface area contributed by atoms with Gasteiger partial charge in [0.2, 0.25) is 5.91 Å². The Morgan fingerprint density at radius 1 is 1.09 bits per heavy atom. The van der Waals surface area contributed by atoms with Crippen molar-refractivity contribution in [3.8, 4) is 6.07 Å². The topological polar surface area (TPSA) is 64.9 Å². The number of nitrogens with zero attached hydrogens (tertiary/aromatic N) is 1. The molecule has 22 heavy (non-hydrogen) atoms. The highest BCUT2D eigenvalue weighted by atomic mass is 19.2. The maximum absolute atomic E-state index is 13.0.